The Kier molecular flexibility index (Phi) is 23.4. The zero-order valence-electron chi connectivity index (χ0n) is 29.8. The number of hydrogen-bond donors (Lipinski definition) is 2. The first kappa shape index (κ1) is 44.9. The molecular formula is C38H54Br2O11. The van der Waals surface area contributed by atoms with Gasteiger partial charge in [0.1, 0.15) is 19.5 Å². The van der Waals surface area contributed by atoms with Gasteiger partial charge in [0, 0.05) is 13.2 Å². The first-order valence-electron chi connectivity index (χ1n) is 17.5. The average molecular weight is 847 g/mol. The number of halogens is 2. The molecule has 7 atom stereocenters. The standard InChI is InChI=1S/C16H19BrO4.C14H18O4.C6H14O2.C2H3BrO/c17-9-15-20-13-7-6-12(8-14(13)21-15)16(18)19-10-11-4-2-1-3-5-11;15-12-7-6-11(8-13(12)16)14(17)18-9-10-4-2-1-3-5-10;1-4-7-6(3)8-5-2;3-1-2-4/h1-5,12-15H,6-10H2;1-5,11-13,15-16H,6-9H2;6H,4-5H2,1-3H3;2H,1H2. The van der Waals surface area contributed by atoms with Crippen LogP contribution in [0, 0.1) is 11.8 Å². The molecule has 3 aliphatic rings. The van der Waals surface area contributed by atoms with Gasteiger partial charge in [-0.2, -0.15) is 0 Å². The third-order valence-corrected chi connectivity index (χ3v) is 9.06. The second-order valence-corrected chi connectivity index (χ2v) is 13.4. The third-order valence-electron chi connectivity index (χ3n) is 8.27. The van der Waals surface area contributed by atoms with Gasteiger partial charge in [0.25, 0.3) is 0 Å². The molecule has 13 heteroatoms. The molecule has 0 radical (unpaired) electrons. The summed E-state index contributed by atoms with van der Waals surface area (Å²) in [6.07, 6.45) is 2.89. The van der Waals surface area contributed by atoms with Gasteiger partial charge in [-0.1, -0.05) is 92.5 Å². The monoisotopic (exact) mass is 844 g/mol. The molecule has 0 spiro atoms. The fourth-order valence-electron chi connectivity index (χ4n) is 5.66. The van der Waals surface area contributed by atoms with Crippen molar-refractivity contribution < 1.29 is 53.0 Å². The number of aldehydes is 1. The van der Waals surface area contributed by atoms with Crippen molar-refractivity contribution in [3.63, 3.8) is 0 Å². The van der Waals surface area contributed by atoms with Crippen molar-refractivity contribution in [1.82, 2.24) is 0 Å². The summed E-state index contributed by atoms with van der Waals surface area (Å²) in [6.45, 7) is 7.85. The summed E-state index contributed by atoms with van der Waals surface area (Å²) < 4.78 is 32.3. The molecule has 0 bridgehead atoms. The molecule has 2 aromatic rings. The van der Waals surface area contributed by atoms with E-state index in [1.807, 2.05) is 81.4 Å². The number of esters is 2. The van der Waals surface area contributed by atoms with Crippen LogP contribution in [0.2, 0.25) is 0 Å². The summed E-state index contributed by atoms with van der Waals surface area (Å²) in [6, 6.07) is 19.2. The van der Waals surface area contributed by atoms with Crippen molar-refractivity contribution in [2.24, 2.45) is 11.8 Å². The van der Waals surface area contributed by atoms with Gasteiger partial charge in [-0.25, -0.2) is 0 Å². The van der Waals surface area contributed by atoms with Crippen LogP contribution in [0.1, 0.15) is 70.4 Å². The van der Waals surface area contributed by atoms with Gasteiger partial charge in [-0.3, -0.25) is 9.59 Å². The highest BCUT2D eigenvalue weighted by Crippen LogP contribution is 2.35. The summed E-state index contributed by atoms with van der Waals surface area (Å²) >= 11 is 6.24. The minimum absolute atomic E-state index is 0.0237. The summed E-state index contributed by atoms with van der Waals surface area (Å²) in [7, 11) is 0. The lowest BCUT2D eigenvalue weighted by atomic mass is 9.85. The van der Waals surface area contributed by atoms with E-state index in [2.05, 4.69) is 31.9 Å². The predicted molar refractivity (Wildman–Crippen MR) is 199 cm³/mol. The maximum absolute atomic E-state index is 12.2. The number of aliphatic hydroxyl groups is 2. The Balaban J connectivity index is 0.000000272. The van der Waals surface area contributed by atoms with Crippen molar-refractivity contribution in [2.45, 2.75) is 110 Å². The quantitative estimate of drug-likeness (QED) is 0.108. The van der Waals surface area contributed by atoms with E-state index in [0.717, 1.165) is 43.5 Å². The molecule has 2 saturated carbocycles. The van der Waals surface area contributed by atoms with Crippen LogP contribution in [0.15, 0.2) is 60.7 Å². The SMILES string of the molecule is CCOC(C)OCC.O=C(OCc1ccccc1)C1CCC(O)C(O)C1.O=C(OCc1ccccc1)C1CCC2OC(CBr)OC2C1.O=CCBr. The molecule has 7 unspecified atom stereocenters. The van der Waals surface area contributed by atoms with Crippen LogP contribution in [-0.2, 0) is 56.0 Å². The van der Waals surface area contributed by atoms with Gasteiger partial charge in [0.2, 0.25) is 0 Å². The smallest absolute Gasteiger partial charge is 0.309 e. The fraction of sp³-hybridized carbons (Fsp3) is 0.605. The first-order chi connectivity index (χ1) is 24.6. The Hall–Kier alpha value is -2.23. The molecule has 2 aromatic carbocycles. The highest BCUT2D eigenvalue weighted by Gasteiger charge is 2.42. The molecule has 51 heavy (non-hydrogen) atoms. The maximum Gasteiger partial charge on any atom is 0.309 e. The van der Waals surface area contributed by atoms with Crippen LogP contribution < -0.4 is 0 Å². The Labute approximate surface area is 318 Å². The minimum Gasteiger partial charge on any atom is -0.461 e. The van der Waals surface area contributed by atoms with Crippen LogP contribution in [0.4, 0.5) is 0 Å². The zero-order chi connectivity index (χ0) is 37.4. The number of hydrogen-bond acceptors (Lipinski definition) is 11. The van der Waals surface area contributed by atoms with Crippen LogP contribution in [0.3, 0.4) is 0 Å². The van der Waals surface area contributed by atoms with Gasteiger partial charge < -0.3 is 43.4 Å². The summed E-state index contributed by atoms with van der Waals surface area (Å²) in [4.78, 5) is 33.1. The highest BCUT2D eigenvalue weighted by atomic mass is 79.9. The second kappa shape index (κ2) is 26.5. The summed E-state index contributed by atoms with van der Waals surface area (Å²) in [5.41, 5.74) is 1.96. The molecule has 1 saturated heterocycles. The first-order valence-corrected chi connectivity index (χ1v) is 19.8. The van der Waals surface area contributed by atoms with Crippen LogP contribution >= 0.6 is 31.9 Å². The van der Waals surface area contributed by atoms with Gasteiger partial charge in [0.15, 0.2) is 12.6 Å². The number of fused-ring (bicyclic) bond motifs is 1. The number of carbonyl (C=O) groups is 3. The lowest BCUT2D eigenvalue weighted by molar-refractivity contribution is -0.154. The molecule has 2 aliphatic carbocycles. The molecule has 2 N–H and O–H groups in total. The number of carbonyl (C=O) groups excluding carboxylic acids is 3. The maximum atomic E-state index is 12.2. The van der Waals surface area contributed by atoms with E-state index in [-0.39, 0.29) is 61.6 Å². The van der Waals surface area contributed by atoms with Crippen LogP contribution in [-0.4, -0.2) is 89.3 Å². The van der Waals surface area contributed by atoms with E-state index >= 15 is 0 Å². The Morgan fingerprint density at radius 2 is 1.24 bits per heavy atom. The number of ether oxygens (including phenoxy) is 6. The minimum atomic E-state index is -0.812. The second-order valence-electron chi connectivity index (χ2n) is 12.1. The van der Waals surface area contributed by atoms with Crippen molar-refractivity contribution in [2.75, 3.05) is 23.9 Å². The molecule has 0 amide bonds. The summed E-state index contributed by atoms with van der Waals surface area (Å²) in [5, 5.41) is 20.0. The van der Waals surface area contributed by atoms with Gasteiger partial charge >= 0.3 is 11.9 Å². The van der Waals surface area contributed by atoms with E-state index < -0.39 is 12.2 Å². The van der Waals surface area contributed by atoms with E-state index in [4.69, 9.17) is 33.2 Å². The largest absolute Gasteiger partial charge is 0.461 e. The Morgan fingerprint density at radius 3 is 1.69 bits per heavy atom. The molecule has 5 rings (SSSR count). The Morgan fingerprint density at radius 1 is 0.765 bits per heavy atom. The van der Waals surface area contributed by atoms with E-state index in [0.29, 0.717) is 36.5 Å². The number of rotatable bonds is 12. The topological polar surface area (TPSA) is 147 Å². The number of benzene rings is 2. The van der Waals surface area contributed by atoms with E-state index in [9.17, 15) is 19.8 Å². The highest BCUT2D eigenvalue weighted by molar-refractivity contribution is 9.09. The van der Waals surface area contributed by atoms with Gasteiger partial charge in [-0.05, 0) is 70.4 Å². The molecular weight excluding hydrogens is 792 g/mol. The van der Waals surface area contributed by atoms with Crippen LogP contribution in [0.25, 0.3) is 0 Å². The fourth-order valence-corrected chi connectivity index (χ4v) is 5.97. The van der Waals surface area contributed by atoms with Gasteiger partial charge in [0.05, 0.1) is 46.9 Å². The summed E-state index contributed by atoms with van der Waals surface area (Å²) in [5.74, 6) is -0.784. The van der Waals surface area contributed by atoms with Crippen LogP contribution in [0.5, 0.6) is 0 Å². The number of alkyl halides is 2. The number of aliphatic hydroxyl groups excluding tert-OH is 2. The van der Waals surface area contributed by atoms with E-state index in [1.165, 1.54) is 0 Å². The van der Waals surface area contributed by atoms with E-state index in [1.54, 1.807) is 0 Å². The van der Waals surface area contributed by atoms with Crippen molar-refractivity contribution in [3.05, 3.63) is 71.8 Å². The normalized spacial score (nSPS) is 25.0. The predicted octanol–water partition coefficient (Wildman–Crippen LogP) is 6.27. The van der Waals surface area contributed by atoms with Gasteiger partial charge in [-0.15, -0.1) is 0 Å². The molecule has 11 nitrogen and oxygen atoms in total. The molecule has 1 aliphatic heterocycles. The molecule has 286 valence electrons. The van der Waals surface area contributed by atoms with Crippen molar-refractivity contribution in [3.8, 4) is 0 Å². The lowest BCUT2D eigenvalue weighted by Gasteiger charge is -2.28. The lowest BCUT2D eigenvalue weighted by Crippen LogP contribution is -2.36. The van der Waals surface area contributed by atoms with Crippen molar-refractivity contribution >= 4 is 50.1 Å². The third kappa shape index (κ3) is 17.9. The average Bonchev–Trinajstić information content (AvgIpc) is 3.58. The molecule has 3 fully saturated rings. The van der Waals surface area contributed by atoms with Crippen molar-refractivity contribution in [1.29, 1.82) is 0 Å². The molecule has 1 heterocycles. The molecule has 0 aromatic heterocycles. The zero-order valence-corrected chi connectivity index (χ0v) is 33.0. The Bertz CT molecular complexity index is 1220.